The standard InChI is InChI=1S/C20H26FN3O3S/c1-16-15-19(27-2)7-8-20(16)28(25,26)22-9-10-23-11-13-24(14-12-23)18-5-3-17(21)4-6-18/h3-8,15,22H,9-14H2,1-2H3. The van der Waals surface area contributed by atoms with E-state index in [0.29, 0.717) is 24.4 Å². The lowest BCUT2D eigenvalue weighted by molar-refractivity contribution is 0.262. The van der Waals surface area contributed by atoms with Crippen molar-refractivity contribution in [1.82, 2.24) is 9.62 Å². The van der Waals surface area contributed by atoms with Gasteiger partial charge < -0.3 is 9.64 Å². The third-order valence-electron chi connectivity index (χ3n) is 4.96. The van der Waals surface area contributed by atoms with Crippen LogP contribution in [0.25, 0.3) is 0 Å². The van der Waals surface area contributed by atoms with E-state index in [1.165, 1.54) is 12.1 Å². The van der Waals surface area contributed by atoms with Crippen LogP contribution in [0.2, 0.25) is 0 Å². The molecule has 1 aliphatic heterocycles. The van der Waals surface area contributed by atoms with Crippen LogP contribution >= 0.6 is 0 Å². The highest BCUT2D eigenvalue weighted by Gasteiger charge is 2.20. The van der Waals surface area contributed by atoms with Crippen molar-refractivity contribution < 1.29 is 17.5 Å². The first-order chi connectivity index (χ1) is 13.4. The van der Waals surface area contributed by atoms with Crippen LogP contribution in [0.3, 0.4) is 0 Å². The molecule has 0 aliphatic carbocycles. The predicted octanol–water partition coefficient (Wildman–Crippen LogP) is 2.24. The molecule has 0 spiro atoms. The maximum Gasteiger partial charge on any atom is 0.240 e. The molecule has 1 saturated heterocycles. The van der Waals surface area contributed by atoms with Gasteiger partial charge in [0.2, 0.25) is 10.0 Å². The summed E-state index contributed by atoms with van der Waals surface area (Å²) in [5, 5.41) is 0. The minimum atomic E-state index is -3.55. The highest BCUT2D eigenvalue weighted by atomic mass is 32.2. The van der Waals surface area contributed by atoms with E-state index in [1.807, 2.05) is 0 Å². The minimum Gasteiger partial charge on any atom is -0.497 e. The molecule has 0 radical (unpaired) electrons. The Morgan fingerprint density at radius 3 is 2.36 bits per heavy atom. The van der Waals surface area contributed by atoms with E-state index in [1.54, 1.807) is 44.4 Å². The first kappa shape index (κ1) is 20.6. The summed E-state index contributed by atoms with van der Waals surface area (Å²) in [5.41, 5.74) is 1.66. The van der Waals surface area contributed by atoms with Crippen molar-refractivity contribution >= 4 is 15.7 Å². The second kappa shape index (κ2) is 8.89. The number of piperazine rings is 1. The molecular weight excluding hydrogens is 381 g/mol. The number of methoxy groups -OCH3 is 1. The fourth-order valence-corrected chi connectivity index (χ4v) is 4.59. The quantitative estimate of drug-likeness (QED) is 0.763. The molecule has 8 heteroatoms. The van der Waals surface area contributed by atoms with Gasteiger partial charge in [-0.05, 0) is 55.0 Å². The lowest BCUT2D eigenvalue weighted by Crippen LogP contribution is -2.48. The van der Waals surface area contributed by atoms with Crippen molar-refractivity contribution in [1.29, 1.82) is 0 Å². The van der Waals surface area contributed by atoms with Crippen LogP contribution in [-0.4, -0.2) is 59.7 Å². The Labute approximate surface area is 166 Å². The van der Waals surface area contributed by atoms with E-state index in [4.69, 9.17) is 4.74 Å². The van der Waals surface area contributed by atoms with Crippen LogP contribution in [0.5, 0.6) is 5.75 Å². The topological polar surface area (TPSA) is 61.9 Å². The number of nitrogens with one attached hydrogen (secondary N) is 1. The summed E-state index contributed by atoms with van der Waals surface area (Å²) in [6.07, 6.45) is 0. The van der Waals surface area contributed by atoms with Gasteiger partial charge in [0.25, 0.3) is 0 Å². The summed E-state index contributed by atoms with van der Waals surface area (Å²) >= 11 is 0. The van der Waals surface area contributed by atoms with Crippen LogP contribution < -0.4 is 14.4 Å². The lowest BCUT2D eigenvalue weighted by Gasteiger charge is -2.36. The monoisotopic (exact) mass is 407 g/mol. The highest BCUT2D eigenvalue weighted by Crippen LogP contribution is 2.21. The van der Waals surface area contributed by atoms with Crippen molar-refractivity contribution in [3.8, 4) is 5.75 Å². The average molecular weight is 408 g/mol. The maximum absolute atomic E-state index is 13.0. The smallest absolute Gasteiger partial charge is 0.240 e. The molecule has 0 unspecified atom stereocenters. The number of hydrogen-bond acceptors (Lipinski definition) is 5. The van der Waals surface area contributed by atoms with Crippen LogP contribution in [0.15, 0.2) is 47.4 Å². The Balaban J connectivity index is 1.48. The van der Waals surface area contributed by atoms with Gasteiger partial charge in [0.15, 0.2) is 0 Å². The second-order valence-electron chi connectivity index (χ2n) is 6.83. The zero-order valence-corrected chi connectivity index (χ0v) is 17.0. The maximum atomic E-state index is 13.0. The van der Waals surface area contributed by atoms with Gasteiger partial charge in [-0.15, -0.1) is 0 Å². The van der Waals surface area contributed by atoms with Crippen molar-refractivity contribution in [2.75, 3.05) is 51.3 Å². The van der Waals surface area contributed by atoms with Crippen LogP contribution in [0.1, 0.15) is 5.56 Å². The van der Waals surface area contributed by atoms with Crippen molar-refractivity contribution in [3.05, 3.63) is 53.8 Å². The molecule has 2 aromatic rings. The molecular formula is C20H26FN3O3S. The molecule has 152 valence electrons. The summed E-state index contributed by atoms with van der Waals surface area (Å²) < 4.78 is 46.0. The third kappa shape index (κ3) is 5.01. The fraction of sp³-hybridized carbons (Fsp3) is 0.400. The van der Waals surface area contributed by atoms with Crippen molar-refractivity contribution in [2.24, 2.45) is 0 Å². The molecule has 3 rings (SSSR count). The molecule has 0 saturated carbocycles. The molecule has 0 aromatic heterocycles. The van der Waals surface area contributed by atoms with Gasteiger partial charge in [0.05, 0.1) is 12.0 Å². The molecule has 6 nitrogen and oxygen atoms in total. The van der Waals surface area contributed by atoms with Gasteiger partial charge in [0.1, 0.15) is 11.6 Å². The first-order valence-corrected chi connectivity index (χ1v) is 10.7. The molecule has 0 bridgehead atoms. The number of sulfonamides is 1. The molecule has 1 heterocycles. The molecule has 1 N–H and O–H groups in total. The summed E-state index contributed by atoms with van der Waals surface area (Å²) in [4.78, 5) is 4.71. The Morgan fingerprint density at radius 2 is 1.75 bits per heavy atom. The number of ether oxygens (including phenoxy) is 1. The molecule has 2 aromatic carbocycles. The second-order valence-corrected chi connectivity index (χ2v) is 8.57. The number of nitrogens with zero attached hydrogens (tertiary/aromatic N) is 2. The molecule has 0 amide bonds. The average Bonchev–Trinajstić information content (AvgIpc) is 2.68. The van der Waals surface area contributed by atoms with E-state index in [-0.39, 0.29) is 10.7 Å². The van der Waals surface area contributed by atoms with Gasteiger partial charge >= 0.3 is 0 Å². The normalized spacial score (nSPS) is 15.6. The van der Waals surface area contributed by atoms with Gasteiger partial charge in [-0.1, -0.05) is 0 Å². The highest BCUT2D eigenvalue weighted by molar-refractivity contribution is 7.89. The molecule has 1 aliphatic rings. The number of hydrogen-bond donors (Lipinski definition) is 1. The minimum absolute atomic E-state index is 0.234. The van der Waals surface area contributed by atoms with E-state index < -0.39 is 10.0 Å². The van der Waals surface area contributed by atoms with E-state index in [9.17, 15) is 12.8 Å². The van der Waals surface area contributed by atoms with E-state index >= 15 is 0 Å². The zero-order valence-electron chi connectivity index (χ0n) is 16.2. The molecule has 28 heavy (non-hydrogen) atoms. The molecule has 0 atom stereocenters. The van der Waals surface area contributed by atoms with E-state index in [0.717, 1.165) is 31.9 Å². The number of halogens is 1. The van der Waals surface area contributed by atoms with Gasteiger partial charge in [0, 0.05) is 45.0 Å². The lowest BCUT2D eigenvalue weighted by atomic mass is 10.2. The van der Waals surface area contributed by atoms with Crippen molar-refractivity contribution in [3.63, 3.8) is 0 Å². The first-order valence-electron chi connectivity index (χ1n) is 9.26. The van der Waals surface area contributed by atoms with E-state index in [2.05, 4.69) is 14.5 Å². The number of anilines is 1. The SMILES string of the molecule is COc1ccc(S(=O)(=O)NCCN2CCN(c3ccc(F)cc3)CC2)c(C)c1. The van der Waals surface area contributed by atoms with Gasteiger partial charge in [-0.25, -0.2) is 17.5 Å². The van der Waals surface area contributed by atoms with Crippen LogP contribution in [0.4, 0.5) is 10.1 Å². The summed E-state index contributed by atoms with van der Waals surface area (Å²) in [7, 11) is -2.00. The Bertz CT molecular complexity index is 895. The van der Waals surface area contributed by atoms with Gasteiger partial charge in [-0.2, -0.15) is 0 Å². The van der Waals surface area contributed by atoms with Crippen LogP contribution in [0, 0.1) is 12.7 Å². The fourth-order valence-electron chi connectivity index (χ4n) is 3.35. The summed E-state index contributed by atoms with van der Waals surface area (Å²) in [6.45, 7) is 6.08. The Hall–Kier alpha value is -2.16. The summed E-state index contributed by atoms with van der Waals surface area (Å²) in [5.74, 6) is 0.400. The van der Waals surface area contributed by atoms with Gasteiger partial charge in [-0.3, -0.25) is 4.90 Å². The number of aryl methyl sites for hydroxylation is 1. The molecule has 1 fully saturated rings. The number of benzene rings is 2. The largest absolute Gasteiger partial charge is 0.497 e. The Kier molecular flexibility index (Phi) is 6.53. The number of rotatable bonds is 7. The van der Waals surface area contributed by atoms with Crippen molar-refractivity contribution in [2.45, 2.75) is 11.8 Å². The third-order valence-corrected chi connectivity index (χ3v) is 6.58. The van der Waals surface area contributed by atoms with Crippen LogP contribution in [-0.2, 0) is 10.0 Å². The predicted molar refractivity (Wildman–Crippen MR) is 108 cm³/mol. The zero-order chi connectivity index (χ0) is 20.1. The summed E-state index contributed by atoms with van der Waals surface area (Å²) in [6, 6.07) is 11.4. The Morgan fingerprint density at radius 1 is 1.07 bits per heavy atom.